The number of nitrogens with two attached hydrogens (primary N) is 1. The molecule has 0 bridgehead atoms. The second-order valence-corrected chi connectivity index (χ2v) is 15.6. The third kappa shape index (κ3) is 28.9. The van der Waals surface area contributed by atoms with Gasteiger partial charge in [0.15, 0.2) is 0 Å². The van der Waals surface area contributed by atoms with Gasteiger partial charge in [-0.05, 0) is 24.8 Å². The van der Waals surface area contributed by atoms with Crippen LogP contribution in [-0.2, 0) is 6.54 Å². The molecule has 0 saturated heterocycles. The van der Waals surface area contributed by atoms with E-state index in [2.05, 4.69) is 49.5 Å². The van der Waals surface area contributed by atoms with E-state index in [1.807, 2.05) is 0 Å². The lowest BCUT2D eigenvalue weighted by molar-refractivity contribution is -0.00728. The van der Waals surface area contributed by atoms with Gasteiger partial charge in [0.25, 0.3) is 0 Å². The molecule has 2 atom stereocenters. The van der Waals surface area contributed by atoms with Gasteiger partial charge in [0.05, 0.1) is 0 Å². The van der Waals surface area contributed by atoms with Crippen LogP contribution in [0.1, 0.15) is 238 Å². The van der Waals surface area contributed by atoms with E-state index in [1.54, 1.807) is 0 Å². The normalized spacial score (nSPS) is 13.6. The van der Waals surface area contributed by atoms with Crippen molar-refractivity contribution in [3.8, 4) is 0 Å². The summed E-state index contributed by atoms with van der Waals surface area (Å²) in [5.74, 6) is 0. The summed E-state index contributed by atoms with van der Waals surface area (Å²) in [5, 5.41) is 15.1. The van der Waals surface area contributed by atoms with Gasteiger partial charge in [0.2, 0.25) is 0 Å². The van der Waals surface area contributed by atoms with E-state index in [0.717, 1.165) is 25.8 Å². The lowest BCUT2D eigenvalue weighted by atomic mass is 9.92. The van der Waals surface area contributed by atoms with Crippen molar-refractivity contribution in [1.29, 1.82) is 0 Å². The van der Waals surface area contributed by atoms with Crippen molar-refractivity contribution in [3.05, 3.63) is 35.9 Å². The molecular formula is C45H86N2O. The number of nitrogens with one attached hydrogen (secondary N) is 1. The molecule has 0 heterocycles. The molecule has 0 saturated carbocycles. The van der Waals surface area contributed by atoms with Crippen LogP contribution in [-0.4, -0.2) is 16.9 Å². The first-order valence-corrected chi connectivity index (χ1v) is 21.9. The Bertz CT molecular complexity index is 751. The minimum absolute atomic E-state index is 0.0549. The van der Waals surface area contributed by atoms with E-state index >= 15 is 0 Å². The molecule has 4 N–H and O–H groups in total. The highest BCUT2D eigenvalue weighted by Crippen LogP contribution is 2.22. The number of hydrogen-bond donors (Lipinski definition) is 3. The summed E-state index contributed by atoms with van der Waals surface area (Å²) in [4.78, 5) is 0. The first kappa shape index (κ1) is 45.1. The number of aliphatic hydroxyl groups is 1. The Morgan fingerprint density at radius 1 is 0.479 bits per heavy atom. The Morgan fingerprint density at radius 2 is 0.792 bits per heavy atom. The fourth-order valence-corrected chi connectivity index (χ4v) is 7.39. The summed E-state index contributed by atoms with van der Waals surface area (Å²) in [5.41, 5.74) is 6.76. The molecule has 282 valence electrons. The van der Waals surface area contributed by atoms with Crippen molar-refractivity contribution in [1.82, 2.24) is 5.32 Å². The van der Waals surface area contributed by atoms with Crippen LogP contribution in [0.25, 0.3) is 0 Å². The Balaban J connectivity index is 2.14. The van der Waals surface area contributed by atoms with Crippen LogP contribution in [0.5, 0.6) is 0 Å². The molecule has 3 nitrogen and oxygen atoms in total. The molecule has 0 aromatic heterocycles. The maximum Gasteiger partial charge on any atom is 0.128 e. The summed E-state index contributed by atoms with van der Waals surface area (Å²) < 4.78 is 0. The third-order valence-corrected chi connectivity index (χ3v) is 10.8. The first-order valence-electron chi connectivity index (χ1n) is 21.9. The fraction of sp³-hybridized carbons (Fsp3) is 0.867. The average molecular weight is 671 g/mol. The second-order valence-electron chi connectivity index (χ2n) is 15.6. The van der Waals surface area contributed by atoms with Gasteiger partial charge in [-0.2, -0.15) is 0 Å². The zero-order valence-electron chi connectivity index (χ0n) is 32.7. The van der Waals surface area contributed by atoms with Crippen LogP contribution in [0.3, 0.4) is 0 Å². The van der Waals surface area contributed by atoms with Crippen molar-refractivity contribution >= 4 is 0 Å². The second kappa shape index (κ2) is 34.5. The van der Waals surface area contributed by atoms with Crippen molar-refractivity contribution < 1.29 is 5.11 Å². The topological polar surface area (TPSA) is 58.3 Å². The fourth-order valence-electron chi connectivity index (χ4n) is 7.39. The van der Waals surface area contributed by atoms with E-state index in [1.165, 1.54) is 198 Å². The molecule has 48 heavy (non-hydrogen) atoms. The van der Waals surface area contributed by atoms with Crippen molar-refractivity contribution in [2.45, 2.75) is 250 Å². The van der Waals surface area contributed by atoms with E-state index in [0.29, 0.717) is 6.42 Å². The molecule has 2 unspecified atom stereocenters. The largest absolute Gasteiger partial charge is 0.374 e. The summed E-state index contributed by atoms with van der Waals surface area (Å²) in [6.45, 7) is 5.36. The lowest BCUT2D eigenvalue weighted by Gasteiger charge is -2.34. The summed E-state index contributed by atoms with van der Waals surface area (Å²) in [6, 6.07) is 10.5. The number of hydrogen-bond acceptors (Lipinski definition) is 3. The summed E-state index contributed by atoms with van der Waals surface area (Å²) in [6.07, 6.45) is 45.6. The van der Waals surface area contributed by atoms with E-state index in [-0.39, 0.29) is 6.04 Å². The van der Waals surface area contributed by atoms with Crippen LogP contribution in [0.4, 0.5) is 0 Å². The standard InChI is InChI=1S/C45H86N2O/c1-3-5-7-9-11-13-15-17-19-21-23-25-27-29-31-36-40-44(47-42-43-38-34-33-35-39-43)45(46,48)41-37-32-30-28-26-24-22-20-18-16-14-12-10-8-6-4-2/h33-35,38-39,44,47-48H,3-32,36-37,40-42,46H2,1-2H3. The summed E-state index contributed by atoms with van der Waals surface area (Å²) in [7, 11) is 0. The number of unbranched alkanes of at least 4 members (excludes halogenated alkanes) is 30. The van der Waals surface area contributed by atoms with Gasteiger partial charge in [-0.1, -0.05) is 243 Å². The van der Waals surface area contributed by atoms with Crippen molar-refractivity contribution in [2.75, 3.05) is 0 Å². The number of rotatable bonds is 38. The Kier molecular flexibility index (Phi) is 32.5. The molecule has 0 amide bonds. The molecule has 3 heteroatoms. The minimum atomic E-state index is -1.14. The van der Waals surface area contributed by atoms with E-state index in [9.17, 15) is 5.11 Å². The van der Waals surface area contributed by atoms with Gasteiger partial charge >= 0.3 is 0 Å². The van der Waals surface area contributed by atoms with Gasteiger partial charge in [0.1, 0.15) is 5.72 Å². The molecule has 0 aliphatic heterocycles. The number of benzene rings is 1. The molecule has 1 rings (SSSR count). The predicted molar refractivity (Wildman–Crippen MR) is 215 cm³/mol. The van der Waals surface area contributed by atoms with Crippen LogP contribution >= 0.6 is 0 Å². The maximum atomic E-state index is 11.4. The lowest BCUT2D eigenvalue weighted by Crippen LogP contribution is -2.57. The Hall–Kier alpha value is -0.900. The third-order valence-electron chi connectivity index (χ3n) is 10.8. The van der Waals surface area contributed by atoms with E-state index < -0.39 is 5.72 Å². The van der Waals surface area contributed by atoms with Crippen LogP contribution in [0, 0.1) is 0 Å². The quantitative estimate of drug-likeness (QED) is 0.0485. The zero-order chi connectivity index (χ0) is 34.6. The molecule has 0 spiro atoms. The maximum absolute atomic E-state index is 11.4. The van der Waals surface area contributed by atoms with Crippen LogP contribution in [0.15, 0.2) is 30.3 Å². The molecule has 0 aliphatic rings. The predicted octanol–water partition coefficient (Wildman–Crippen LogP) is 14.1. The van der Waals surface area contributed by atoms with Crippen LogP contribution < -0.4 is 11.1 Å². The molecular weight excluding hydrogens is 585 g/mol. The van der Waals surface area contributed by atoms with Gasteiger partial charge in [-0.15, -0.1) is 0 Å². The average Bonchev–Trinajstić information content (AvgIpc) is 3.09. The van der Waals surface area contributed by atoms with Crippen molar-refractivity contribution in [2.24, 2.45) is 5.73 Å². The molecule has 0 radical (unpaired) electrons. The first-order chi connectivity index (χ1) is 23.6. The smallest absolute Gasteiger partial charge is 0.128 e. The highest BCUT2D eigenvalue weighted by molar-refractivity contribution is 5.14. The van der Waals surface area contributed by atoms with Crippen LogP contribution in [0.2, 0.25) is 0 Å². The Morgan fingerprint density at radius 3 is 1.15 bits per heavy atom. The van der Waals surface area contributed by atoms with Gasteiger partial charge in [0, 0.05) is 12.6 Å². The monoisotopic (exact) mass is 671 g/mol. The minimum Gasteiger partial charge on any atom is -0.374 e. The molecule has 1 aromatic carbocycles. The molecule has 0 aliphatic carbocycles. The Labute approximate surface area is 301 Å². The molecule has 1 aromatic rings. The molecule has 0 fully saturated rings. The van der Waals surface area contributed by atoms with Gasteiger partial charge in [-0.3, -0.25) is 0 Å². The SMILES string of the molecule is CCCCCCCCCCCCCCCCCCC(NCc1ccccc1)C(N)(O)CCCCCCCCCCCCCCCCCC. The van der Waals surface area contributed by atoms with Gasteiger partial charge < -0.3 is 16.2 Å². The highest BCUT2D eigenvalue weighted by Gasteiger charge is 2.31. The zero-order valence-corrected chi connectivity index (χ0v) is 32.7. The summed E-state index contributed by atoms with van der Waals surface area (Å²) >= 11 is 0. The van der Waals surface area contributed by atoms with Gasteiger partial charge in [-0.25, -0.2) is 0 Å². The highest BCUT2D eigenvalue weighted by atomic mass is 16.3. The van der Waals surface area contributed by atoms with Crippen molar-refractivity contribution in [3.63, 3.8) is 0 Å². The van der Waals surface area contributed by atoms with E-state index in [4.69, 9.17) is 5.73 Å².